The van der Waals surface area contributed by atoms with E-state index in [1.165, 1.54) is 0 Å². The first-order chi connectivity index (χ1) is 7.65. The third-order valence-electron chi connectivity index (χ3n) is 1.97. The highest BCUT2D eigenvalue weighted by Crippen LogP contribution is 2.17. The van der Waals surface area contributed by atoms with E-state index in [-0.39, 0.29) is 11.1 Å². The van der Waals surface area contributed by atoms with Gasteiger partial charge in [-0.25, -0.2) is 4.98 Å². The van der Waals surface area contributed by atoms with Crippen LogP contribution in [0, 0.1) is 0 Å². The highest BCUT2D eigenvalue weighted by atomic mass is 79.9. The number of pyridine rings is 1. The predicted molar refractivity (Wildman–Crippen MR) is 67.6 cm³/mol. The normalized spacial score (nSPS) is 10.2. The molecule has 6 heteroatoms. The van der Waals surface area contributed by atoms with Crippen molar-refractivity contribution >= 4 is 33.4 Å². The van der Waals surface area contributed by atoms with Crippen molar-refractivity contribution in [2.45, 2.75) is 12.8 Å². The van der Waals surface area contributed by atoms with Crippen molar-refractivity contribution in [1.82, 2.24) is 10.3 Å². The number of rotatable bonds is 5. The number of hydrogen-bond donors (Lipinski definition) is 2. The van der Waals surface area contributed by atoms with Gasteiger partial charge in [0.25, 0.3) is 5.91 Å². The smallest absolute Gasteiger partial charge is 0.254 e. The maximum absolute atomic E-state index is 11.7. The number of halogens is 2. The van der Waals surface area contributed by atoms with Crippen LogP contribution in [0.2, 0.25) is 5.15 Å². The second kappa shape index (κ2) is 6.83. The lowest BCUT2D eigenvalue weighted by molar-refractivity contribution is 0.0953. The molecule has 0 bridgehead atoms. The van der Waals surface area contributed by atoms with E-state index in [9.17, 15) is 4.79 Å². The van der Waals surface area contributed by atoms with E-state index in [1.807, 2.05) is 0 Å². The molecule has 0 saturated carbocycles. The Bertz CT molecular complexity index is 373. The van der Waals surface area contributed by atoms with E-state index in [0.717, 1.165) is 17.3 Å². The summed E-state index contributed by atoms with van der Waals surface area (Å²) < 4.78 is 0.726. The fourth-order valence-electron chi connectivity index (χ4n) is 1.15. The zero-order valence-electron chi connectivity index (χ0n) is 8.67. The summed E-state index contributed by atoms with van der Waals surface area (Å²) in [6.07, 6.45) is 3.31. The van der Waals surface area contributed by atoms with E-state index in [1.54, 1.807) is 12.3 Å². The van der Waals surface area contributed by atoms with Gasteiger partial charge in [0.05, 0.1) is 5.56 Å². The number of aromatic nitrogens is 1. The topological polar surface area (TPSA) is 68.0 Å². The molecular formula is C10H13BrClN3O. The molecule has 0 unspecified atom stereocenters. The van der Waals surface area contributed by atoms with Gasteiger partial charge in [0.1, 0.15) is 5.15 Å². The van der Waals surface area contributed by atoms with Gasteiger partial charge in [-0.3, -0.25) is 4.79 Å². The fourth-order valence-corrected chi connectivity index (χ4v) is 1.67. The van der Waals surface area contributed by atoms with Crippen LogP contribution in [-0.2, 0) is 0 Å². The number of amides is 1. The Kier molecular flexibility index (Phi) is 5.73. The molecule has 0 spiro atoms. The molecule has 1 aromatic rings. The number of nitrogens with two attached hydrogens (primary N) is 1. The minimum absolute atomic E-state index is 0.208. The molecule has 0 aliphatic heterocycles. The molecule has 1 amide bonds. The van der Waals surface area contributed by atoms with Crippen molar-refractivity contribution < 1.29 is 4.79 Å². The molecule has 4 nitrogen and oxygen atoms in total. The average molecular weight is 307 g/mol. The lowest BCUT2D eigenvalue weighted by Gasteiger charge is -2.06. The number of nitrogens with one attached hydrogen (secondary N) is 1. The van der Waals surface area contributed by atoms with Gasteiger partial charge in [0.2, 0.25) is 0 Å². The van der Waals surface area contributed by atoms with Crippen molar-refractivity contribution in [3.05, 3.63) is 27.5 Å². The Morgan fingerprint density at radius 2 is 2.31 bits per heavy atom. The second-order valence-corrected chi connectivity index (χ2v) is 4.52. The third-order valence-corrected chi connectivity index (χ3v) is 2.70. The summed E-state index contributed by atoms with van der Waals surface area (Å²) in [6, 6.07) is 1.65. The van der Waals surface area contributed by atoms with E-state index < -0.39 is 0 Å². The average Bonchev–Trinajstić information content (AvgIpc) is 2.27. The number of carbonyl (C=O) groups excluding carboxylic acids is 1. The minimum atomic E-state index is -0.212. The summed E-state index contributed by atoms with van der Waals surface area (Å²) in [4.78, 5) is 15.6. The number of hydrogen-bond acceptors (Lipinski definition) is 3. The van der Waals surface area contributed by atoms with Crippen molar-refractivity contribution in [1.29, 1.82) is 0 Å². The highest BCUT2D eigenvalue weighted by molar-refractivity contribution is 9.10. The van der Waals surface area contributed by atoms with Crippen LogP contribution in [0.15, 0.2) is 16.7 Å². The molecule has 0 aliphatic rings. The molecule has 0 aromatic carbocycles. The van der Waals surface area contributed by atoms with Gasteiger partial charge in [-0.05, 0) is 41.4 Å². The van der Waals surface area contributed by atoms with Gasteiger partial charge in [0, 0.05) is 17.2 Å². The molecule has 0 atom stereocenters. The van der Waals surface area contributed by atoms with E-state index in [2.05, 4.69) is 26.2 Å². The van der Waals surface area contributed by atoms with Crippen molar-refractivity contribution in [2.75, 3.05) is 13.1 Å². The lowest BCUT2D eigenvalue weighted by atomic mass is 10.2. The summed E-state index contributed by atoms with van der Waals surface area (Å²) in [5.74, 6) is -0.212. The van der Waals surface area contributed by atoms with E-state index >= 15 is 0 Å². The van der Waals surface area contributed by atoms with Crippen molar-refractivity contribution in [3.63, 3.8) is 0 Å². The maximum Gasteiger partial charge on any atom is 0.254 e. The molecule has 16 heavy (non-hydrogen) atoms. The van der Waals surface area contributed by atoms with Crippen LogP contribution in [0.1, 0.15) is 23.2 Å². The molecule has 0 radical (unpaired) electrons. The van der Waals surface area contributed by atoms with Gasteiger partial charge >= 0.3 is 0 Å². The SMILES string of the molecule is NCCCCNC(=O)c1cc(Br)cnc1Cl. The van der Waals surface area contributed by atoms with Gasteiger partial charge in [-0.1, -0.05) is 11.6 Å². The highest BCUT2D eigenvalue weighted by Gasteiger charge is 2.11. The summed E-state index contributed by atoms with van der Waals surface area (Å²) in [7, 11) is 0. The summed E-state index contributed by atoms with van der Waals surface area (Å²) in [6.45, 7) is 1.23. The number of carbonyl (C=O) groups is 1. The molecule has 1 heterocycles. The van der Waals surface area contributed by atoms with Crippen LogP contribution in [0.3, 0.4) is 0 Å². The van der Waals surface area contributed by atoms with E-state index in [4.69, 9.17) is 17.3 Å². The predicted octanol–water partition coefficient (Wildman–Crippen LogP) is 1.97. The molecule has 1 rings (SSSR count). The van der Waals surface area contributed by atoms with Gasteiger partial charge in [-0.2, -0.15) is 0 Å². The second-order valence-electron chi connectivity index (χ2n) is 3.24. The van der Waals surface area contributed by atoms with E-state index in [0.29, 0.717) is 18.7 Å². The molecule has 0 aliphatic carbocycles. The Morgan fingerprint density at radius 3 is 3.00 bits per heavy atom. The van der Waals surface area contributed by atoms with Crippen LogP contribution in [-0.4, -0.2) is 24.0 Å². The van der Waals surface area contributed by atoms with Crippen LogP contribution < -0.4 is 11.1 Å². The van der Waals surface area contributed by atoms with Crippen LogP contribution in [0.5, 0.6) is 0 Å². The molecular weight excluding hydrogens is 293 g/mol. The Morgan fingerprint density at radius 1 is 1.56 bits per heavy atom. The zero-order chi connectivity index (χ0) is 12.0. The third kappa shape index (κ3) is 4.08. The first-order valence-corrected chi connectivity index (χ1v) is 6.11. The fraction of sp³-hybridized carbons (Fsp3) is 0.400. The van der Waals surface area contributed by atoms with Crippen molar-refractivity contribution in [2.24, 2.45) is 5.73 Å². The van der Waals surface area contributed by atoms with Crippen LogP contribution in [0.4, 0.5) is 0 Å². The molecule has 1 aromatic heterocycles. The van der Waals surface area contributed by atoms with Gasteiger partial charge < -0.3 is 11.1 Å². The summed E-state index contributed by atoms with van der Waals surface area (Å²) in [5, 5.41) is 2.97. The van der Waals surface area contributed by atoms with Gasteiger partial charge in [0.15, 0.2) is 0 Å². The summed E-state index contributed by atoms with van der Waals surface area (Å²) >= 11 is 9.06. The first kappa shape index (κ1) is 13.4. The monoisotopic (exact) mass is 305 g/mol. The minimum Gasteiger partial charge on any atom is -0.352 e. The molecule has 88 valence electrons. The maximum atomic E-state index is 11.7. The Balaban J connectivity index is 2.55. The Hall–Kier alpha value is -0.650. The lowest BCUT2D eigenvalue weighted by Crippen LogP contribution is -2.25. The molecule has 0 saturated heterocycles. The van der Waals surface area contributed by atoms with Gasteiger partial charge in [-0.15, -0.1) is 0 Å². The van der Waals surface area contributed by atoms with Crippen molar-refractivity contribution in [3.8, 4) is 0 Å². The Labute approximate surface area is 108 Å². The standard InChI is InChI=1S/C10H13BrClN3O/c11-7-5-8(9(12)15-6-7)10(16)14-4-2-1-3-13/h5-6H,1-4,13H2,(H,14,16). The number of nitrogens with zero attached hydrogens (tertiary/aromatic N) is 1. The number of unbranched alkanes of at least 4 members (excludes halogenated alkanes) is 1. The first-order valence-electron chi connectivity index (χ1n) is 4.94. The quantitative estimate of drug-likeness (QED) is 0.645. The van der Waals surface area contributed by atoms with Crippen LogP contribution in [0.25, 0.3) is 0 Å². The molecule has 3 N–H and O–H groups in total. The molecule has 0 fully saturated rings. The van der Waals surface area contributed by atoms with Crippen LogP contribution >= 0.6 is 27.5 Å². The zero-order valence-corrected chi connectivity index (χ0v) is 11.0. The largest absolute Gasteiger partial charge is 0.352 e. The summed E-state index contributed by atoms with van der Waals surface area (Å²) in [5.41, 5.74) is 5.73.